The second-order valence-corrected chi connectivity index (χ2v) is 9.65. The van der Waals surface area contributed by atoms with Crippen molar-refractivity contribution in [3.8, 4) is 0 Å². The first-order valence-corrected chi connectivity index (χ1v) is 11.5. The minimum absolute atomic E-state index is 0.0471. The lowest BCUT2D eigenvalue weighted by molar-refractivity contribution is 0.0930. The maximum absolute atomic E-state index is 13.5. The highest BCUT2D eigenvalue weighted by atomic mass is 16.1. The molecule has 2 saturated heterocycles. The van der Waals surface area contributed by atoms with Crippen LogP contribution in [0.1, 0.15) is 34.3 Å². The molecule has 4 heteroatoms. The van der Waals surface area contributed by atoms with Gasteiger partial charge in [-0.15, -0.1) is 0 Å². The lowest BCUT2D eigenvalue weighted by Gasteiger charge is -2.23. The summed E-state index contributed by atoms with van der Waals surface area (Å²) < 4.78 is 0. The van der Waals surface area contributed by atoms with Gasteiger partial charge < -0.3 is 15.5 Å². The van der Waals surface area contributed by atoms with Crippen LogP contribution in [0, 0.1) is 18.8 Å². The van der Waals surface area contributed by atoms with Gasteiger partial charge in [0.05, 0.1) is 5.54 Å². The zero-order chi connectivity index (χ0) is 21.0. The maximum Gasteiger partial charge on any atom is 0.252 e. The first-order chi connectivity index (χ1) is 15.1. The maximum atomic E-state index is 13.5. The second kappa shape index (κ2) is 7.10. The van der Waals surface area contributed by atoms with Crippen LogP contribution < -0.4 is 15.5 Å². The molecule has 2 atom stereocenters. The van der Waals surface area contributed by atoms with Gasteiger partial charge in [0.1, 0.15) is 0 Å². The highest BCUT2D eigenvalue weighted by Crippen LogP contribution is 2.48. The molecule has 1 amide bonds. The lowest BCUT2D eigenvalue weighted by Crippen LogP contribution is -2.35. The normalized spacial score (nSPS) is 23.7. The molecule has 1 saturated carbocycles. The molecule has 2 unspecified atom stereocenters. The van der Waals surface area contributed by atoms with Crippen LogP contribution in [-0.2, 0) is 5.54 Å². The molecule has 3 aromatic rings. The summed E-state index contributed by atoms with van der Waals surface area (Å²) in [6.45, 7) is 6.45. The standard InChI is InChI=1S/C27H29N3O/c1-18-9-10-22(30-16-20-14-28-15-21(20)17-30)13-24(18)26(31)29-27(11-12-27)25-8-4-6-19-5-2-3-7-23(19)25/h2-10,13,20-21,28H,11-12,14-17H2,1H3,(H,29,31). The van der Waals surface area contributed by atoms with E-state index in [0.717, 1.165) is 62.0 Å². The monoisotopic (exact) mass is 411 g/mol. The summed E-state index contributed by atoms with van der Waals surface area (Å²) in [7, 11) is 0. The van der Waals surface area contributed by atoms with E-state index in [2.05, 4.69) is 76.2 Å². The zero-order valence-electron chi connectivity index (χ0n) is 18.0. The quantitative estimate of drug-likeness (QED) is 0.676. The molecule has 2 N–H and O–H groups in total. The molecule has 1 aliphatic carbocycles. The highest BCUT2D eigenvalue weighted by Gasteiger charge is 2.46. The second-order valence-electron chi connectivity index (χ2n) is 9.65. The van der Waals surface area contributed by atoms with Gasteiger partial charge in [-0.3, -0.25) is 4.79 Å². The molecule has 2 aliphatic heterocycles. The Hall–Kier alpha value is -2.85. The number of hydrogen-bond donors (Lipinski definition) is 2. The van der Waals surface area contributed by atoms with Crippen molar-refractivity contribution in [3.63, 3.8) is 0 Å². The van der Waals surface area contributed by atoms with Crippen LogP contribution in [0.2, 0.25) is 0 Å². The number of fused-ring (bicyclic) bond motifs is 2. The van der Waals surface area contributed by atoms with Gasteiger partial charge in [-0.2, -0.15) is 0 Å². The van der Waals surface area contributed by atoms with Crippen molar-refractivity contribution in [2.24, 2.45) is 11.8 Å². The summed E-state index contributed by atoms with van der Waals surface area (Å²) in [5, 5.41) is 9.40. The van der Waals surface area contributed by atoms with Crippen LogP contribution in [0.25, 0.3) is 10.8 Å². The van der Waals surface area contributed by atoms with Crippen LogP contribution in [0.3, 0.4) is 0 Å². The largest absolute Gasteiger partial charge is 0.371 e. The fourth-order valence-electron chi connectivity index (χ4n) is 5.63. The average Bonchev–Trinajstić information content (AvgIpc) is 3.23. The van der Waals surface area contributed by atoms with Crippen molar-refractivity contribution in [2.75, 3.05) is 31.1 Å². The zero-order valence-corrected chi connectivity index (χ0v) is 18.0. The fraction of sp³-hybridized carbons (Fsp3) is 0.370. The van der Waals surface area contributed by atoms with Gasteiger partial charge in [-0.1, -0.05) is 48.5 Å². The number of aryl methyl sites for hydroxylation is 1. The van der Waals surface area contributed by atoms with Crippen molar-refractivity contribution < 1.29 is 4.79 Å². The molecule has 0 spiro atoms. The van der Waals surface area contributed by atoms with Gasteiger partial charge in [0, 0.05) is 37.4 Å². The van der Waals surface area contributed by atoms with Crippen LogP contribution >= 0.6 is 0 Å². The van der Waals surface area contributed by atoms with E-state index < -0.39 is 0 Å². The molecule has 2 heterocycles. The molecule has 3 aromatic carbocycles. The Bertz CT molecular complexity index is 1150. The first kappa shape index (κ1) is 18.9. The topological polar surface area (TPSA) is 44.4 Å². The lowest BCUT2D eigenvalue weighted by atomic mass is 9.96. The Morgan fingerprint density at radius 2 is 1.74 bits per heavy atom. The third-order valence-corrected chi connectivity index (χ3v) is 7.63. The molecule has 3 aliphatic rings. The molecular weight excluding hydrogens is 382 g/mol. The van der Waals surface area contributed by atoms with Crippen LogP contribution in [-0.4, -0.2) is 32.1 Å². The molecular formula is C27H29N3O. The van der Waals surface area contributed by atoms with Crippen molar-refractivity contribution in [2.45, 2.75) is 25.3 Å². The van der Waals surface area contributed by atoms with E-state index in [0.29, 0.717) is 0 Å². The Morgan fingerprint density at radius 3 is 2.52 bits per heavy atom. The number of nitrogens with zero attached hydrogens (tertiary/aromatic N) is 1. The molecule has 3 fully saturated rings. The fourth-order valence-corrected chi connectivity index (χ4v) is 5.63. The molecule has 0 bridgehead atoms. The van der Waals surface area contributed by atoms with E-state index >= 15 is 0 Å². The predicted molar refractivity (Wildman–Crippen MR) is 126 cm³/mol. The van der Waals surface area contributed by atoms with Crippen molar-refractivity contribution >= 4 is 22.4 Å². The van der Waals surface area contributed by atoms with Gasteiger partial charge in [0.2, 0.25) is 0 Å². The van der Waals surface area contributed by atoms with Gasteiger partial charge >= 0.3 is 0 Å². The number of carbonyl (C=O) groups excluding carboxylic acids is 1. The van der Waals surface area contributed by atoms with Crippen molar-refractivity contribution in [3.05, 3.63) is 77.4 Å². The molecule has 6 rings (SSSR count). The summed E-state index contributed by atoms with van der Waals surface area (Å²) in [5.41, 5.74) is 4.03. The van der Waals surface area contributed by atoms with Crippen molar-refractivity contribution in [1.29, 1.82) is 0 Å². The Morgan fingerprint density at radius 1 is 1.00 bits per heavy atom. The van der Waals surface area contributed by atoms with E-state index in [1.54, 1.807) is 0 Å². The Kier molecular flexibility index (Phi) is 4.32. The third kappa shape index (κ3) is 3.21. The number of nitrogens with one attached hydrogen (secondary N) is 2. The molecule has 4 nitrogen and oxygen atoms in total. The average molecular weight is 412 g/mol. The van der Waals surface area contributed by atoms with Crippen LogP contribution in [0.15, 0.2) is 60.7 Å². The Labute approximate surface area is 183 Å². The Balaban J connectivity index is 1.28. The van der Waals surface area contributed by atoms with E-state index in [1.807, 2.05) is 6.92 Å². The van der Waals surface area contributed by atoms with E-state index in [-0.39, 0.29) is 11.4 Å². The number of amides is 1. The smallest absolute Gasteiger partial charge is 0.252 e. The molecule has 158 valence electrons. The van der Waals surface area contributed by atoms with Crippen LogP contribution in [0.5, 0.6) is 0 Å². The predicted octanol–water partition coefficient (Wildman–Crippen LogP) is 4.22. The first-order valence-electron chi connectivity index (χ1n) is 11.5. The number of rotatable bonds is 4. The SMILES string of the molecule is Cc1ccc(N2CC3CNCC3C2)cc1C(=O)NC1(c2cccc3ccccc23)CC1. The van der Waals surface area contributed by atoms with Gasteiger partial charge in [-0.05, 0) is 65.6 Å². The summed E-state index contributed by atoms with van der Waals surface area (Å²) in [5.74, 6) is 1.52. The minimum atomic E-state index is -0.239. The van der Waals surface area contributed by atoms with E-state index in [9.17, 15) is 4.79 Å². The van der Waals surface area contributed by atoms with E-state index in [4.69, 9.17) is 0 Å². The molecule has 0 radical (unpaired) electrons. The van der Waals surface area contributed by atoms with E-state index in [1.165, 1.54) is 22.0 Å². The summed E-state index contributed by atoms with van der Waals surface area (Å²) in [6.07, 6.45) is 1.99. The summed E-state index contributed by atoms with van der Waals surface area (Å²) in [6, 6.07) is 21.3. The molecule has 0 aromatic heterocycles. The van der Waals surface area contributed by atoms with Gasteiger partial charge in [0.15, 0.2) is 0 Å². The van der Waals surface area contributed by atoms with Crippen molar-refractivity contribution in [1.82, 2.24) is 10.6 Å². The van der Waals surface area contributed by atoms with Gasteiger partial charge in [0.25, 0.3) is 5.91 Å². The summed E-state index contributed by atoms with van der Waals surface area (Å²) in [4.78, 5) is 15.9. The number of hydrogen-bond acceptors (Lipinski definition) is 3. The number of benzene rings is 3. The minimum Gasteiger partial charge on any atom is -0.371 e. The third-order valence-electron chi connectivity index (χ3n) is 7.63. The number of carbonyl (C=O) groups is 1. The van der Waals surface area contributed by atoms with Gasteiger partial charge in [-0.25, -0.2) is 0 Å². The van der Waals surface area contributed by atoms with Crippen LogP contribution in [0.4, 0.5) is 5.69 Å². The number of anilines is 1. The highest BCUT2D eigenvalue weighted by molar-refractivity contribution is 5.98. The molecule has 31 heavy (non-hydrogen) atoms. The summed E-state index contributed by atoms with van der Waals surface area (Å²) >= 11 is 0.